The molecule has 0 saturated heterocycles. The van der Waals surface area contributed by atoms with Crippen LogP contribution in [-0.2, 0) is 0 Å². The van der Waals surface area contributed by atoms with Gasteiger partial charge in [-0.15, -0.1) is 23.2 Å². The molecule has 0 aromatic heterocycles. The Hall–Kier alpha value is 0.0600. The summed E-state index contributed by atoms with van der Waals surface area (Å²) in [5.41, 5.74) is 2.47. The first-order valence-electron chi connectivity index (χ1n) is 3.26. The van der Waals surface area contributed by atoms with Crippen molar-refractivity contribution in [2.24, 2.45) is 0 Å². The lowest BCUT2D eigenvalue weighted by Crippen LogP contribution is -2.14. The fraction of sp³-hybridized carbons (Fsp3) is 0.500. The van der Waals surface area contributed by atoms with Crippen molar-refractivity contribution in [3.63, 3.8) is 0 Å². The number of alkyl halides is 2. The van der Waals surface area contributed by atoms with Crippen LogP contribution in [0.5, 0.6) is 0 Å². The van der Waals surface area contributed by atoms with Crippen LogP contribution >= 0.6 is 23.2 Å². The molecule has 0 nitrogen and oxygen atoms in total. The summed E-state index contributed by atoms with van der Waals surface area (Å²) in [6.45, 7) is 4.09. The second-order valence-corrected chi connectivity index (χ2v) is 3.60. The summed E-state index contributed by atoms with van der Waals surface area (Å²) >= 11 is 11.7. The molecule has 0 saturated carbocycles. The van der Waals surface area contributed by atoms with Crippen LogP contribution < -0.4 is 0 Å². The van der Waals surface area contributed by atoms with Gasteiger partial charge in [0, 0.05) is 0 Å². The quantitative estimate of drug-likeness (QED) is 0.498. The molecule has 0 heterocycles. The van der Waals surface area contributed by atoms with E-state index in [-0.39, 0.29) is 10.8 Å². The lowest BCUT2D eigenvalue weighted by Gasteiger charge is -2.17. The second kappa shape index (κ2) is 2.98. The minimum atomic E-state index is -0.0367. The van der Waals surface area contributed by atoms with Crippen LogP contribution in [0, 0.1) is 0 Å². The summed E-state index contributed by atoms with van der Waals surface area (Å²) < 4.78 is 0. The van der Waals surface area contributed by atoms with E-state index < -0.39 is 0 Å². The Kier molecular flexibility index (Phi) is 2.43. The molecule has 2 unspecified atom stereocenters. The molecule has 2 atom stereocenters. The van der Waals surface area contributed by atoms with Crippen LogP contribution in [0.25, 0.3) is 0 Å². The highest BCUT2D eigenvalue weighted by Crippen LogP contribution is 2.24. The molecular weight excluding hydrogens is 167 g/mol. The topological polar surface area (TPSA) is 0 Å². The van der Waals surface area contributed by atoms with Gasteiger partial charge in [0.2, 0.25) is 0 Å². The zero-order chi connectivity index (χ0) is 7.72. The molecule has 0 amide bonds. The summed E-state index contributed by atoms with van der Waals surface area (Å²) in [7, 11) is 0. The van der Waals surface area contributed by atoms with E-state index in [1.165, 1.54) is 11.1 Å². The summed E-state index contributed by atoms with van der Waals surface area (Å²) in [4.78, 5) is 0. The van der Waals surface area contributed by atoms with Gasteiger partial charge in [-0.05, 0) is 13.8 Å². The maximum Gasteiger partial charge on any atom is 0.0720 e. The predicted octanol–water partition coefficient (Wildman–Crippen LogP) is 3.11. The molecule has 0 aromatic carbocycles. The van der Waals surface area contributed by atoms with Crippen molar-refractivity contribution in [2.45, 2.75) is 24.6 Å². The van der Waals surface area contributed by atoms with E-state index in [4.69, 9.17) is 23.2 Å². The van der Waals surface area contributed by atoms with Crippen molar-refractivity contribution in [3.05, 3.63) is 23.3 Å². The van der Waals surface area contributed by atoms with E-state index in [0.29, 0.717) is 0 Å². The molecule has 0 fully saturated rings. The van der Waals surface area contributed by atoms with Gasteiger partial charge in [-0.2, -0.15) is 0 Å². The fourth-order valence-corrected chi connectivity index (χ4v) is 1.45. The second-order valence-electron chi connectivity index (χ2n) is 2.59. The van der Waals surface area contributed by atoms with Crippen LogP contribution in [0.15, 0.2) is 23.3 Å². The zero-order valence-corrected chi connectivity index (χ0v) is 7.58. The fourth-order valence-electron chi connectivity index (χ4n) is 0.924. The molecule has 0 N–H and O–H groups in total. The van der Waals surface area contributed by atoms with E-state index >= 15 is 0 Å². The van der Waals surface area contributed by atoms with Gasteiger partial charge >= 0.3 is 0 Å². The lowest BCUT2D eigenvalue weighted by atomic mass is 10.0. The number of halogens is 2. The Morgan fingerprint density at radius 2 is 1.30 bits per heavy atom. The maximum absolute atomic E-state index is 5.87. The highest BCUT2D eigenvalue weighted by Gasteiger charge is 2.16. The average molecular weight is 177 g/mol. The molecule has 0 radical (unpaired) electrons. The Balaban J connectivity index is 2.83. The Morgan fingerprint density at radius 1 is 1.00 bits per heavy atom. The summed E-state index contributed by atoms with van der Waals surface area (Å²) in [6.07, 6.45) is 3.99. The van der Waals surface area contributed by atoms with E-state index in [0.717, 1.165) is 0 Å². The molecule has 0 spiro atoms. The molecule has 1 aliphatic rings. The number of hydrogen-bond acceptors (Lipinski definition) is 0. The van der Waals surface area contributed by atoms with Crippen LogP contribution in [0.1, 0.15) is 13.8 Å². The first-order chi connectivity index (χ1) is 4.61. The third-order valence-electron chi connectivity index (χ3n) is 1.74. The van der Waals surface area contributed by atoms with E-state index in [1.54, 1.807) is 0 Å². The first kappa shape index (κ1) is 8.16. The van der Waals surface area contributed by atoms with Gasteiger partial charge < -0.3 is 0 Å². The Morgan fingerprint density at radius 3 is 1.60 bits per heavy atom. The van der Waals surface area contributed by atoms with E-state index in [9.17, 15) is 0 Å². The molecule has 1 rings (SSSR count). The van der Waals surface area contributed by atoms with Gasteiger partial charge in [0.25, 0.3) is 0 Å². The lowest BCUT2D eigenvalue weighted by molar-refractivity contribution is 1.00. The molecule has 0 aromatic rings. The van der Waals surface area contributed by atoms with Crippen molar-refractivity contribution in [3.8, 4) is 0 Å². The van der Waals surface area contributed by atoms with Crippen molar-refractivity contribution < 1.29 is 0 Å². The summed E-state index contributed by atoms with van der Waals surface area (Å²) in [5, 5.41) is -0.0734. The summed E-state index contributed by atoms with van der Waals surface area (Å²) in [6, 6.07) is 0. The standard InChI is InChI=1S/C8H10Cl2/c1-5-3-7(9)8(10)4-6(5)2/h3-4,7-8H,1-2H3. The van der Waals surface area contributed by atoms with Crippen LogP contribution in [-0.4, -0.2) is 10.8 Å². The number of allylic oxidation sites excluding steroid dienone is 4. The van der Waals surface area contributed by atoms with Crippen LogP contribution in [0.4, 0.5) is 0 Å². The van der Waals surface area contributed by atoms with Crippen LogP contribution in [0.3, 0.4) is 0 Å². The van der Waals surface area contributed by atoms with E-state index in [1.807, 2.05) is 26.0 Å². The number of rotatable bonds is 0. The van der Waals surface area contributed by atoms with Gasteiger partial charge in [0.15, 0.2) is 0 Å². The van der Waals surface area contributed by atoms with Crippen LogP contribution in [0.2, 0.25) is 0 Å². The molecule has 0 bridgehead atoms. The van der Waals surface area contributed by atoms with Gasteiger partial charge in [0.05, 0.1) is 10.8 Å². The Bertz CT molecular complexity index is 169. The molecule has 0 aliphatic heterocycles. The third-order valence-corrected chi connectivity index (χ3v) is 2.67. The van der Waals surface area contributed by atoms with Crippen molar-refractivity contribution >= 4 is 23.2 Å². The van der Waals surface area contributed by atoms with Crippen molar-refractivity contribution in [1.29, 1.82) is 0 Å². The maximum atomic E-state index is 5.87. The minimum absolute atomic E-state index is 0.0367. The molecule has 10 heavy (non-hydrogen) atoms. The highest BCUT2D eigenvalue weighted by molar-refractivity contribution is 6.32. The van der Waals surface area contributed by atoms with Gasteiger partial charge in [-0.25, -0.2) is 0 Å². The number of hydrogen-bond donors (Lipinski definition) is 0. The molecule has 56 valence electrons. The smallest absolute Gasteiger partial charge is 0.0720 e. The normalized spacial score (nSPS) is 33.2. The summed E-state index contributed by atoms with van der Waals surface area (Å²) in [5.74, 6) is 0. The largest absolute Gasteiger partial charge is 0.116 e. The SMILES string of the molecule is CC1=CC(Cl)C(Cl)C=C1C. The monoisotopic (exact) mass is 176 g/mol. The van der Waals surface area contributed by atoms with Crippen molar-refractivity contribution in [1.82, 2.24) is 0 Å². The van der Waals surface area contributed by atoms with Crippen molar-refractivity contribution in [2.75, 3.05) is 0 Å². The molecule has 1 aliphatic carbocycles. The van der Waals surface area contributed by atoms with Gasteiger partial charge in [-0.3, -0.25) is 0 Å². The highest BCUT2D eigenvalue weighted by atomic mass is 35.5. The first-order valence-corrected chi connectivity index (χ1v) is 4.14. The Labute approximate surface area is 71.5 Å². The average Bonchev–Trinajstić information content (AvgIpc) is 1.84. The third kappa shape index (κ3) is 1.56. The molecular formula is C8H10Cl2. The predicted molar refractivity (Wildman–Crippen MR) is 46.8 cm³/mol. The minimum Gasteiger partial charge on any atom is -0.116 e. The zero-order valence-electron chi connectivity index (χ0n) is 6.07. The molecule has 2 heteroatoms. The van der Waals surface area contributed by atoms with E-state index in [2.05, 4.69) is 0 Å². The van der Waals surface area contributed by atoms with Gasteiger partial charge in [0.1, 0.15) is 0 Å². The van der Waals surface area contributed by atoms with Gasteiger partial charge in [-0.1, -0.05) is 23.3 Å².